The van der Waals surface area contributed by atoms with Crippen LogP contribution in [-0.4, -0.2) is 20.8 Å². The van der Waals surface area contributed by atoms with Crippen molar-refractivity contribution >= 4 is 0 Å². The first-order valence-corrected chi connectivity index (χ1v) is 5.37. The molecule has 1 rings (SSSR count). The van der Waals surface area contributed by atoms with Gasteiger partial charge < -0.3 is 15.2 Å². The summed E-state index contributed by atoms with van der Waals surface area (Å²) in [5, 5.41) is 0. The van der Waals surface area contributed by atoms with E-state index in [1.165, 1.54) is 26.4 Å². The quantitative estimate of drug-likeness (QED) is 0.837. The molecule has 2 N–H and O–H groups in total. The Morgan fingerprint density at radius 3 is 2.41 bits per heavy atom. The Morgan fingerprint density at radius 1 is 1.24 bits per heavy atom. The lowest BCUT2D eigenvalue weighted by molar-refractivity contribution is 0.150. The summed E-state index contributed by atoms with van der Waals surface area (Å²) in [5.41, 5.74) is 6.06. The summed E-state index contributed by atoms with van der Waals surface area (Å²) in [6.45, 7) is 0.504. The van der Waals surface area contributed by atoms with Crippen molar-refractivity contribution in [1.82, 2.24) is 0 Å². The summed E-state index contributed by atoms with van der Waals surface area (Å²) in [7, 11) is 2.92. The minimum atomic E-state index is -2.52. The van der Waals surface area contributed by atoms with Crippen LogP contribution in [0.5, 0.6) is 11.5 Å². The van der Waals surface area contributed by atoms with E-state index in [4.69, 9.17) is 15.2 Å². The molecule has 96 valence electrons. The standard InChI is InChI=1S/C12H17F2NO2/c1-16-10-7-9(12(13)14)6-8(4-3-5-15)11(10)17-2/h6-7,12H,3-5,15H2,1-2H3. The van der Waals surface area contributed by atoms with Crippen molar-refractivity contribution < 1.29 is 18.3 Å². The molecule has 0 aliphatic heterocycles. The lowest BCUT2D eigenvalue weighted by atomic mass is 10.0. The molecule has 5 heteroatoms. The van der Waals surface area contributed by atoms with Crippen LogP contribution < -0.4 is 15.2 Å². The van der Waals surface area contributed by atoms with Crippen molar-refractivity contribution in [3.8, 4) is 11.5 Å². The molecular formula is C12H17F2NO2. The Kier molecular flexibility index (Phi) is 5.15. The van der Waals surface area contributed by atoms with Gasteiger partial charge >= 0.3 is 0 Å². The molecule has 0 fully saturated rings. The second kappa shape index (κ2) is 6.39. The van der Waals surface area contributed by atoms with Crippen LogP contribution in [0, 0.1) is 0 Å². The monoisotopic (exact) mass is 245 g/mol. The van der Waals surface area contributed by atoms with Crippen LogP contribution in [0.1, 0.15) is 24.0 Å². The van der Waals surface area contributed by atoms with Crippen molar-refractivity contribution in [2.24, 2.45) is 5.73 Å². The summed E-state index contributed by atoms with van der Waals surface area (Å²) < 4.78 is 35.6. The molecule has 0 aliphatic rings. The third-order valence-corrected chi connectivity index (χ3v) is 2.48. The Morgan fingerprint density at radius 2 is 1.94 bits per heavy atom. The predicted octanol–water partition coefficient (Wildman–Crippen LogP) is 2.53. The number of hydrogen-bond donors (Lipinski definition) is 1. The molecule has 1 aromatic carbocycles. The number of rotatable bonds is 6. The second-order valence-corrected chi connectivity index (χ2v) is 3.61. The van der Waals surface area contributed by atoms with Gasteiger partial charge in [-0.2, -0.15) is 0 Å². The maximum absolute atomic E-state index is 12.7. The van der Waals surface area contributed by atoms with Crippen LogP contribution >= 0.6 is 0 Å². The number of halogens is 2. The van der Waals surface area contributed by atoms with Gasteiger partial charge in [-0.15, -0.1) is 0 Å². The van der Waals surface area contributed by atoms with Gasteiger partial charge in [-0.05, 0) is 37.1 Å². The van der Waals surface area contributed by atoms with Gasteiger partial charge in [0.25, 0.3) is 6.43 Å². The Hall–Kier alpha value is -1.36. The molecule has 1 aromatic rings. The highest BCUT2D eigenvalue weighted by Gasteiger charge is 2.16. The maximum Gasteiger partial charge on any atom is 0.263 e. The van der Waals surface area contributed by atoms with Crippen LogP contribution in [0.15, 0.2) is 12.1 Å². The fourth-order valence-corrected chi connectivity index (χ4v) is 1.67. The highest BCUT2D eigenvalue weighted by Crippen LogP contribution is 2.36. The number of nitrogens with two attached hydrogens (primary N) is 1. The van der Waals surface area contributed by atoms with E-state index in [0.29, 0.717) is 36.4 Å². The molecule has 0 aliphatic carbocycles. The molecule has 0 saturated carbocycles. The first-order valence-electron chi connectivity index (χ1n) is 5.37. The predicted molar refractivity (Wildman–Crippen MR) is 61.9 cm³/mol. The minimum Gasteiger partial charge on any atom is -0.493 e. The van der Waals surface area contributed by atoms with Crippen molar-refractivity contribution in [3.05, 3.63) is 23.3 Å². The first-order chi connectivity index (χ1) is 8.13. The number of aryl methyl sites for hydroxylation is 1. The number of benzene rings is 1. The summed E-state index contributed by atoms with van der Waals surface area (Å²) in [5.74, 6) is 0.836. The molecule has 17 heavy (non-hydrogen) atoms. The zero-order chi connectivity index (χ0) is 12.8. The van der Waals surface area contributed by atoms with E-state index in [9.17, 15) is 8.78 Å². The third kappa shape index (κ3) is 3.30. The van der Waals surface area contributed by atoms with E-state index in [1.807, 2.05) is 0 Å². The van der Waals surface area contributed by atoms with Gasteiger partial charge in [-0.25, -0.2) is 8.78 Å². The molecule has 0 aromatic heterocycles. The SMILES string of the molecule is COc1cc(C(F)F)cc(CCCN)c1OC. The zero-order valence-corrected chi connectivity index (χ0v) is 10.0. The maximum atomic E-state index is 12.7. The summed E-state index contributed by atoms with van der Waals surface area (Å²) in [4.78, 5) is 0. The topological polar surface area (TPSA) is 44.5 Å². The summed E-state index contributed by atoms with van der Waals surface area (Å²) in [6, 6.07) is 2.75. The van der Waals surface area contributed by atoms with E-state index in [1.54, 1.807) is 0 Å². The molecule has 0 saturated heterocycles. The van der Waals surface area contributed by atoms with E-state index in [2.05, 4.69) is 0 Å². The first kappa shape index (κ1) is 13.7. The molecular weight excluding hydrogens is 228 g/mol. The molecule has 0 bridgehead atoms. The van der Waals surface area contributed by atoms with Gasteiger partial charge in [0.1, 0.15) is 0 Å². The Labute approximate surface area is 99.5 Å². The van der Waals surface area contributed by atoms with Gasteiger partial charge in [0, 0.05) is 5.56 Å². The fourth-order valence-electron chi connectivity index (χ4n) is 1.67. The molecule has 0 heterocycles. The van der Waals surface area contributed by atoms with Gasteiger partial charge in [0.05, 0.1) is 14.2 Å². The van der Waals surface area contributed by atoms with Gasteiger partial charge in [0.15, 0.2) is 11.5 Å². The summed E-state index contributed by atoms with van der Waals surface area (Å²) >= 11 is 0. The number of ether oxygens (including phenoxy) is 2. The average Bonchev–Trinajstić information content (AvgIpc) is 2.34. The van der Waals surface area contributed by atoms with Crippen molar-refractivity contribution in [2.75, 3.05) is 20.8 Å². The fraction of sp³-hybridized carbons (Fsp3) is 0.500. The minimum absolute atomic E-state index is 0.0605. The van der Waals surface area contributed by atoms with Gasteiger partial charge in [-0.3, -0.25) is 0 Å². The van der Waals surface area contributed by atoms with Crippen molar-refractivity contribution in [1.29, 1.82) is 0 Å². The smallest absolute Gasteiger partial charge is 0.263 e. The van der Waals surface area contributed by atoms with Crippen LogP contribution in [0.4, 0.5) is 8.78 Å². The lowest BCUT2D eigenvalue weighted by Gasteiger charge is -2.14. The van der Waals surface area contributed by atoms with Crippen LogP contribution in [-0.2, 0) is 6.42 Å². The normalized spacial score (nSPS) is 10.7. The zero-order valence-electron chi connectivity index (χ0n) is 10.0. The Balaban J connectivity index is 3.17. The highest BCUT2D eigenvalue weighted by molar-refractivity contribution is 5.50. The van der Waals surface area contributed by atoms with Crippen molar-refractivity contribution in [3.63, 3.8) is 0 Å². The molecule has 0 spiro atoms. The number of alkyl halides is 2. The summed E-state index contributed by atoms with van der Waals surface area (Å²) in [6.07, 6.45) is -1.21. The van der Waals surface area contributed by atoms with E-state index in [0.717, 1.165) is 0 Å². The molecule has 0 amide bonds. The molecule has 0 radical (unpaired) electrons. The molecule has 3 nitrogen and oxygen atoms in total. The van der Waals surface area contributed by atoms with Crippen LogP contribution in [0.2, 0.25) is 0 Å². The van der Waals surface area contributed by atoms with Crippen LogP contribution in [0.3, 0.4) is 0 Å². The van der Waals surface area contributed by atoms with E-state index >= 15 is 0 Å². The van der Waals surface area contributed by atoms with Crippen LogP contribution in [0.25, 0.3) is 0 Å². The average molecular weight is 245 g/mol. The number of methoxy groups -OCH3 is 2. The Bertz CT molecular complexity index is 370. The number of hydrogen-bond acceptors (Lipinski definition) is 3. The van der Waals surface area contributed by atoms with Gasteiger partial charge in [-0.1, -0.05) is 0 Å². The second-order valence-electron chi connectivity index (χ2n) is 3.61. The van der Waals surface area contributed by atoms with Crippen molar-refractivity contribution in [2.45, 2.75) is 19.3 Å². The molecule has 0 unspecified atom stereocenters. The van der Waals surface area contributed by atoms with E-state index in [-0.39, 0.29) is 5.56 Å². The largest absolute Gasteiger partial charge is 0.493 e. The van der Waals surface area contributed by atoms with Gasteiger partial charge in [0.2, 0.25) is 0 Å². The third-order valence-electron chi connectivity index (χ3n) is 2.48. The highest BCUT2D eigenvalue weighted by atomic mass is 19.3. The molecule has 0 atom stereocenters. The lowest BCUT2D eigenvalue weighted by Crippen LogP contribution is -2.03. The van der Waals surface area contributed by atoms with E-state index < -0.39 is 6.43 Å².